The molecule has 21 heavy (non-hydrogen) atoms. The van der Waals surface area contributed by atoms with Gasteiger partial charge in [0.2, 0.25) is 0 Å². The van der Waals surface area contributed by atoms with E-state index >= 15 is 0 Å². The summed E-state index contributed by atoms with van der Waals surface area (Å²) in [6.45, 7) is 4.21. The van der Waals surface area contributed by atoms with Gasteiger partial charge in [-0.1, -0.05) is 24.3 Å². The van der Waals surface area contributed by atoms with E-state index in [0.29, 0.717) is 5.56 Å². The number of nitriles is 1. The highest BCUT2D eigenvalue weighted by Gasteiger charge is 2.11. The van der Waals surface area contributed by atoms with E-state index in [-0.39, 0.29) is 6.04 Å². The van der Waals surface area contributed by atoms with Gasteiger partial charge in [0.25, 0.3) is 0 Å². The van der Waals surface area contributed by atoms with Crippen LogP contribution >= 0.6 is 11.3 Å². The molecule has 0 saturated carbocycles. The summed E-state index contributed by atoms with van der Waals surface area (Å²) >= 11 is 1.81. The number of thiophene rings is 1. The van der Waals surface area contributed by atoms with Gasteiger partial charge in [-0.2, -0.15) is 5.26 Å². The lowest BCUT2D eigenvalue weighted by molar-refractivity contribution is 0.906. The SMILES string of the molecule is Cc1ccc(C#N)cc1NC(C)c1cc2ccccc2s1. The van der Waals surface area contributed by atoms with Crippen molar-refractivity contribution < 1.29 is 0 Å². The van der Waals surface area contributed by atoms with E-state index in [4.69, 9.17) is 5.26 Å². The van der Waals surface area contributed by atoms with Crippen molar-refractivity contribution in [2.24, 2.45) is 0 Å². The van der Waals surface area contributed by atoms with Crippen LogP contribution in [0.15, 0.2) is 48.5 Å². The van der Waals surface area contributed by atoms with Crippen molar-refractivity contribution in [3.8, 4) is 6.07 Å². The maximum Gasteiger partial charge on any atom is 0.0992 e. The third-order valence-corrected chi connectivity index (χ3v) is 4.91. The molecule has 3 heteroatoms. The molecule has 0 bridgehead atoms. The van der Waals surface area contributed by atoms with Crippen molar-refractivity contribution in [2.45, 2.75) is 19.9 Å². The third-order valence-electron chi connectivity index (χ3n) is 3.61. The summed E-state index contributed by atoms with van der Waals surface area (Å²) in [5, 5.41) is 13.8. The first-order valence-electron chi connectivity index (χ1n) is 6.93. The van der Waals surface area contributed by atoms with Crippen LogP contribution < -0.4 is 5.32 Å². The summed E-state index contributed by atoms with van der Waals surface area (Å²) in [5.41, 5.74) is 2.87. The molecule has 0 fully saturated rings. The van der Waals surface area contributed by atoms with E-state index in [1.54, 1.807) is 0 Å². The highest BCUT2D eigenvalue weighted by molar-refractivity contribution is 7.19. The number of hydrogen-bond acceptors (Lipinski definition) is 3. The molecule has 1 aromatic heterocycles. The fraction of sp³-hybridized carbons (Fsp3) is 0.167. The van der Waals surface area contributed by atoms with Gasteiger partial charge in [-0.25, -0.2) is 0 Å². The van der Waals surface area contributed by atoms with Crippen LogP contribution in [-0.4, -0.2) is 0 Å². The highest BCUT2D eigenvalue weighted by atomic mass is 32.1. The van der Waals surface area contributed by atoms with Crippen molar-refractivity contribution in [1.29, 1.82) is 5.26 Å². The first-order chi connectivity index (χ1) is 10.2. The average molecular weight is 292 g/mol. The second-order valence-electron chi connectivity index (χ2n) is 5.19. The Morgan fingerprint density at radius 2 is 1.95 bits per heavy atom. The van der Waals surface area contributed by atoms with Gasteiger partial charge in [-0.15, -0.1) is 11.3 Å². The molecule has 2 aromatic carbocycles. The van der Waals surface area contributed by atoms with Crippen molar-refractivity contribution in [2.75, 3.05) is 5.32 Å². The normalized spacial score (nSPS) is 12.0. The van der Waals surface area contributed by atoms with Gasteiger partial charge in [0.15, 0.2) is 0 Å². The molecule has 3 rings (SSSR count). The first-order valence-corrected chi connectivity index (χ1v) is 7.75. The summed E-state index contributed by atoms with van der Waals surface area (Å²) in [4.78, 5) is 1.30. The van der Waals surface area contributed by atoms with Gasteiger partial charge < -0.3 is 5.32 Å². The molecule has 1 heterocycles. The third kappa shape index (κ3) is 2.76. The summed E-state index contributed by atoms with van der Waals surface area (Å²) in [6.07, 6.45) is 0. The van der Waals surface area contributed by atoms with Crippen molar-refractivity contribution in [1.82, 2.24) is 0 Å². The van der Waals surface area contributed by atoms with Crippen LogP contribution in [0, 0.1) is 18.3 Å². The predicted molar refractivity (Wildman–Crippen MR) is 89.8 cm³/mol. The van der Waals surface area contributed by atoms with Gasteiger partial charge in [0.1, 0.15) is 0 Å². The zero-order valence-corrected chi connectivity index (χ0v) is 12.9. The van der Waals surface area contributed by atoms with E-state index < -0.39 is 0 Å². The Hall–Kier alpha value is -2.31. The topological polar surface area (TPSA) is 35.8 Å². The van der Waals surface area contributed by atoms with Gasteiger partial charge >= 0.3 is 0 Å². The molecule has 104 valence electrons. The Balaban J connectivity index is 1.89. The van der Waals surface area contributed by atoms with E-state index in [1.807, 2.05) is 29.5 Å². The first kappa shape index (κ1) is 13.7. The van der Waals surface area contributed by atoms with Crippen LogP contribution in [0.5, 0.6) is 0 Å². The van der Waals surface area contributed by atoms with E-state index in [2.05, 4.69) is 55.6 Å². The monoisotopic (exact) mass is 292 g/mol. The second-order valence-corrected chi connectivity index (χ2v) is 6.31. The number of rotatable bonds is 3. The molecule has 0 aliphatic carbocycles. The number of anilines is 1. The Bertz CT molecular complexity index is 794. The largest absolute Gasteiger partial charge is 0.377 e. The molecule has 2 nitrogen and oxygen atoms in total. The highest BCUT2D eigenvalue weighted by Crippen LogP contribution is 2.32. The van der Waals surface area contributed by atoms with Crippen LogP contribution in [-0.2, 0) is 0 Å². The molecule has 3 aromatic rings. The molecule has 0 aliphatic rings. The van der Waals surface area contributed by atoms with Crippen LogP contribution in [0.3, 0.4) is 0 Å². The fourth-order valence-corrected chi connectivity index (χ4v) is 3.43. The minimum absolute atomic E-state index is 0.218. The van der Waals surface area contributed by atoms with E-state index in [1.165, 1.54) is 15.0 Å². The number of nitrogens with zero attached hydrogens (tertiary/aromatic N) is 1. The number of benzene rings is 2. The lowest BCUT2D eigenvalue weighted by Crippen LogP contribution is -2.06. The average Bonchev–Trinajstić information content (AvgIpc) is 2.93. The predicted octanol–water partition coefficient (Wildman–Crippen LogP) is 5.25. The van der Waals surface area contributed by atoms with Crippen LogP contribution in [0.1, 0.15) is 29.0 Å². The Morgan fingerprint density at radius 3 is 2.71 bits per heavy atom. The lowest BCUT2D eigenvalue weighted by atomic mass is 10.1. The van der Waals surface area contributed by atoms with Crippen LogP contribution in [0.2, 0.25) is 0 Å². The van der Waals surface area contributed by atoms with Gasteiger partial charge in [-0.05, 0) is 49.1 Å². The van der Waals surface area contributed by atoms with Crippen molar-refractivity contribution >= 4 is 27.1 Å². The minimum Gasteiger partial charge on any atom is -0.377 e. The Morgan fingerprint density at radius 1 is 1.14 bits per heavy atom. The number of aryl methyl sites for hydroxylation is 1. The van der Waals surface area contributed by atoms with E-state index in [9.17, 15) is 0 Å². The zero-order chi connectivity index (χ0) is 14.8. The summed E-state index contributed by atoms with van der Waals surface area (Å²) in [6, 6.07) is 18.8. The van der Waals surface area contributed by atoms with E-state index in [0.717, 1.165) is 11.3 Å². The summed E-state index contributed by atoms with van der Waals surface area (Å²) in [7, 11) is 0. The molecule has 0 amide bonds. The van der Waals surface area contributed by atoms with Gasteiger partial charge in [-0.3, -0.25) is 0 Å². The lowest BCUT2D eigenvalue weighted by Gasteiger charge is -2.16. The van der Waals surface area contributed by atoms with Gasteiger partial charge in [0, 0.05) is 15.3 Å². The molecule has 1 atom stereocenters. The summed E-state index contributed by atoms with van der Waals surface area (Å²) in [5.74, 6) is 0. The maximum absolute atomic E-state index is 9.02. The van der Waals surface area contributed by atoms with Crippen LogP contribution in [0.4, 0.5) is 5.69 Å². The number of fused-ring (bicyclic) bond motifs is 1. The second kappa shape index (κ2) is 5.59. The smallest absolute Gasteiger partial charge is 0.0992 e. The maximum atomic E-state index is 9.02. The fourth-order valence-electron chi connectivity index (χ4n) is 2.37. The molecular formula is C18H16N2S. The molecule has 0 spiro atoms. The molecule has 0 saturated heterocycles. The van der Waals surface area contributed by atoms with Crippen molar-refractivity contribution in [3.63, 3.8) is 0 Å². The molecule has 1 N–H and O–H groups in total. The molecule has 0 aliphatic heterocycles. The minimum atomic E-state index is 0.218. The van der Waals surface area contributed by atoms with Crippen LogP contribution in [0.25, 0.3) is 10.1 Å². The molecular weight excluding hydrogens is 276 g/mol. The zero-order valence-electron chi connectivity index (χ0n) is 12.1. The Kier molecular flexibility index (Phi) is 3.64. The van der Waals surface area contributed by atoms with Gasteiger partial charge in [0.05, 0.1) is 17.7 Å². The standard InChI is InChI=1S/C18H16N2S/c1-12-7-8-14(11-19)9-16(12)20-13(2)18-10-15-5-3-4-6-17(15)21-18/h3-10,13,20H,1-2H3. The van der Waals surface area contributed by atoms with Crippen molar-refractivity contribution in [3.05, 3.63) is 64.5 Å². The molecule has 1 unspecified atom stereocenters. The number of nitrogens with one attached hydrogen (secondary N) is 1. The quantitative estimate of drug-likeness (QED) is 0.715. The summed E-state index contributed by atoms with van der Waals surface area (Å²) < 4.78 is 1.31. The molecule has 0 radical (unpaired) electrons. The Labute approximate surface area is 128 Å². The number of hydrogen-bond donors (Lipinski definition) is 1.